The Morgan fingerprint density at radius 3 is 2.74 bits per heavy atom. The van der Waals surface area contributed by atoms with Gasteiger partial charge in [-0.3, -0.25) is 4.79 Å². The van der Waals surface area contributed by atoms with Gasteiger partial charge in [-0.05, 0) is 37.1 Å². The molecule has 2 aromatic rings. The summed E-state index contributed by atoms with van der Waals surface area (Å²) < 4.78 is 1.47. The molecular weight excluding hydrogens is 258 g/mol. The number of rotatable bonds is 3. The lowest BCUT2D eigenvalue weighted by Gasteiger charge is -2.23. The van der Waals surface area contributed by atoms with Crippen LogP contribution in [0.4, 0.5) is 0 Å². The number of benzene rings is 1. The summed E-state index contributed by atoms with van der Waals surface area (Å²) in [6.07, 6.45) is 5.63. The topological polar surface area (TPSA) is 42.2 Å². The van der Waals surface area contributed by atoms with E-state index in [1.807, 2.05) is 19.3 Å². The number of aryl methyl sites for hydroxylation is 1. The van der Waals surface area contributed by atoms with Crippen molar-refractivity contribution in [3.63, 3.8) is 0 Å². The van der Waals surface area contributed by atoms with Crippen LogP contribution in [0.15, 0.2) is 35.4 Å². The molecule has 1 aromatic heterocycles. The second-order valence-corrected chi connectivity index (χ2v) is 6.71. The van der Waals surface area contributed by atoms with Crippen LogP contribution in [0.3, 0.4) is 0 Å². The summed E-state index contributed by atoms with van der Waals surface area (Å²) in [7, 11) is 2.02. The zero-order valence-corrected chi connectivity index (χ0v) is 11.7. The van der Waals surface area contributed by atoms with E-state index in [1.54, 1.807) is 0 Å². The van der Waals surface area contributed by atoms with Gasteiger partial charge >= 0.3 is 5.97 Å². The quantitative estimate of drug-likeness (QED) is 0.929. The van der Waals surface area contributed by atoms with E-state index in [1.165, 1.54) is 22.7 Å². The van der Waals surface area contributed by atoms with Crippen LogP contribution in [0.2, 0.25) is 0 Å². The molecule has 1 aromatic carbocycles. The van der Waals surface area contributed by atoms with E-state index in [2.05, 4.69) is 22.8 Å². The van der Waals surface area contributed by atoms with Gasteiger partial charge in [0, 0.05) is 29.0 Å². The monoisotopic (exact) mass is 275 g/mol. The van der Waals surface area contributed by atoms with E-state index in [0.29, 0.717) is 0 Å². The Kier molecular flexibility index (Phi) is 3.05. The first-order valence-electron chi connectivity index (χ1n) is 6.58. The van der Waals surface area contributed by atoms with Crippen LogP contribution >= 0.6 is 11.8 Å². The lowest BCUT2D eigenvalue weighted by molar-refractivity contribution is -0.139. The minimum Gasteiger partial charge on any atom is -0.480 e. The molecule has 0 aliphatic heterocycles. The van der Waals surface area contributed by atoms with Crippen molar-refractivity contribution in [2.24, 2.45) is 7.05 Å². The van der Waals surface area contributed by atoms with Gasteiger partial charge in [0.1, 0.15) is 4.75 Å². The summed E-state index contributed by atoms with van der Waals surface area (Å²) in [6, 6.07) is 8.28. The first-order chi connectivity index (χ1) is 9.11. The van der Waals surface area contributed by atoms with Crippen molar-refractivity contribution < 1.29 is 9.90 Å². The first kappa shape index (κ1) is 12.6. The molecule has 1 fully saturated rings. The number of fused-ring (bicyclic) bond motifs is 1. The van der Waals surface area contributed by atoms with E-state index in [0.717, 1.165) is 30.6 Å². The molecule has 100 valence electrons. The number of carboxylic acids is 1. The minimum absolute atomic E-state index is 0.609. The van der Waals surface area contributed by atoms with Gasteiger partial charge in [-0.2, -0.15) is 0 Å². The number of aromatic nitrogens is 1. The molecule has 1 saturated carbocycles. The third-order valence-corrected chi connectivity index (χ3v) is 5.43. The van der Waals surface area contributed by atoms with Gasteiger partial charge in [-0.15, -0.1) is 11.8 Å². The SMILES string of the molecule is Cn1ccc2cc(SC3(C(=O)O)CCCC3)ccc21. The van der Waals surface area contributed by atoms with Gasteiger partial charge in [0.2, 0.25) is 0 Å². The summed E-state index contributed by atoms with van der Waals surface area (Å²) in [5, 5.41) is 10.7. The maximum absolute atomic E-state index is 11.6. The van der Waals surface area contributed by atoms with Crippen molar-refractivity contribution in [2.45, 2.75) is 35.3 Å². The number of thioether (sulfide) groups is 1. The lowest BCUT2D eigenvalue weighted by Crippen LogP contribution is -2.31. The second kappa shape index (κ2) is 4.60. The third-order valence-electron chi connectivity index (χ3n) is 3.97. The van der Waals surface area contributed by atoms with E-state index < -0.39 is 10.7 Å². The maximum Gasteiger partial charge on any atom is 0.320 e. The summed E-state index contributed by atoms with van der Waals surface area (Å²) >= 11 is 1.52. The number of aliphatic carboxylic acids is 1. The molecule has 0 unspecified atom stereocenters. The summed E-state index contributed by atoms with van der Waals surface area (Å²) in [6.45, 7) is 0. The smallest absolute Gasteiger partial charge is 0.320 e. The summed E-state index contributed by atoms with van der Waals surface area (Å²) in [5.74, 6) is -0.664. The van der Waals surface area contributed by atoms with E-state index in [4.69, 9.17) is 0 Å². The Labute approximate surface area is 116 Å². The average molecular weight is 275 g/mol. The van der Waals surface area contributed by atoms with Crippen molar-refractivity contribution >= 4 is 28.6 Å². The molecule has 4 heteroatoms. The fourth-order valence-corrected chi connectivity index (χ4v) is 4.21. The molecule has 3 rings (SSSR count). The van der Waals surface area contributed by atoms with E-state index >= 15 is 0 Å². The van der Waals surface area contributed by atoms with Crippen molar-refractivity contribution in [1.29, 1.82) is 0 Å². The van der Waals surface area contributed by atoms with Crippen LogP contribution in [0.1, 0.15) is 25.7 Å². The molecule has 19 heavy (non-hydrogen) atoms. The normalized spacial score (nSPS) is 17.9. The molecule has 1 aliphatic carbocycles. The van der Waals surface area contributed by atoms with Gasteiger partial charge < -0.3 is 9.67 Å². The fourth-order valence-electron chi connectivity index (χ4n) is 2.85. The molecule has 1 aliphatic rings. The fraction of sp³-hybridized carbons (Fsp3) is 0.400. The molecule has 0 spiro atoms. The van der Waals surface area contributed by atoms with Gasteiger partial charge in [0.25, 0.3) is 0 Å². The average Bonchev–Trinajstić information content (AvgIpc) is 2.98. The standard InChI is InChI=1S/C15H17NO2S/c1-16-9-6-11-10-12(4-5-13(11)16)19-15(14(17)18)7-2-3-8-15/h4-6,9-10H,2-3,7-8H2,1H3,(H,17,18). The molecule has 0 atom stereocenters. The summed E-state index contributed by atoms with van der Waals surface area (Å²) in [5.41, 5.74) is 1.18. The van der Waals surface area contributed by atoms with E-state index in [9.17, 15) is 9.90 Å². The zero-order valence-electron chi connectivity index (χ0n) is 10.9. The predicted octanol–water partition coefficient (Wildman–Crippen LogP) is 3.67. The highest BCUT2D eigenvalue weighted by molar-refractivity contribution is 8.01. The van der Waals surface area contributed by atoms with Gasteiger partial charge in [0.15, 0.2) is 0 Å². The van der Waals surface area contributed by atoms with Crippen molar-refractivity contribution in [1.82, 2.24) is 4.57 Å². The van der Waals surface area contributed by atoms with Crippen LogP contribution in [-0.4, -0.2) is 20.4 Å². The Bertz CT molecular complexity index is 626. The predicted molar refractivity (Wildman–Crippen MR) is 77.6 cm³/mol. The third kappa shape index (κ3) is 2.14. The number of carbonyl (C=O) groups is 1. The molecule has 1 N–H and O–H groups in total. The Hall–Kier alpha value is -1.42. The number of nitrogens with zero attached hydrogens (tertiary/aromatic N) is 1. The second-order valence-electron chi connectivity index (χ2n) is 5.26. The molecule has 0 radical (unpaired) electrons. The number of hydrogen-bond acceptors (Lipinski definition) is 2. The van der Waals surface area contributed by atoms with Crippen LogP contribution in [0.25, 0.3) is 10.9 Å². The largest absolute Gasteiger partial charge is 0.480 e. The van der Waals surface area contributed by atoms with Gasteiger partial charge in [-0.25, -0.2) is 0 Å². The number of hydrogen-bond donors (Lipinski definition) is 1. The molecule has 0 bridgehead atoms. The van der Waals surface area contributed by atoms with Gasteiger partial charge in [-0.1, -0.05) is 12.8 Å². The Balaban J connectivity index is 1.94. The Morgan fingerprint density at radius 2 is 2.05 bits per heavy atom. The van der Waals surface area contributed by atoms with Gasteiger partial charge in [0.05, 0.1) is 0 Å². The molecular formula is C15H17NO2S. The van der Waals surface area contributed by atoms with Crippen molar-refractivity contribution in [3.8, 4) is 0 Å². The van der Waals surface area contributed by atoms with Crippen LogP contribution in [0.5, 0.6) is 0 Å². The van der Waals surface area contributed by atoms with Crippen LogP contribution < -0.4 is 0 Å². The minimum atomic E-state index is -0.664. The first-order valence-corrected chi connectivity index (χ1v) is 7.40. The van der Waals surface area contributed by atoms with E-state index in [-0.39, 0.29) is 0 Å². The highest BCUT2D eigenvalue weighted by atomic mass is 32.2. The lowest BCUT2D eigenvalue weighted by atomic mass is 10.1. The number of carboxylic acid groups (broad SMARTS) is 1. The molecule has 0 saturated heterocycles. The van der Waals surface area contributed by atoms with Crippen LogP contribution in [-0.2, 0) is 11.8 Å². The van der Waals surface area contributed by atoms with Crippen molar-refractivity contribution in [3.05, 3.63) is 30.5 Å². The Morgan fingerprint density at radius 1 is 1.32 bits per heavy atom. The highest BCUT2D eigenvalue weighted by Gasteiger charge is 2.42. The highest BCUT2D eigenvalue weighted by Crippen LogP contribution is 2.45. The van der Waals surface area contributed by atoms with Crippen LogP contribution in [0, 0.1) is 0 Å². The molecule has 0 amide bonds. The van der Waals surface area contributed by atoms with Crippen molar-refractivity contribution in [2.75, 3.05) is 0 Å². The summed E-state index contributed by atoms with van der Waals surface area (Å²) in [4.78, 5) is 12.6. The molecule has 1 heterocycles. The maximum atomic E-state index is 11.6. The zero-order chi connectivity index (χ0) is 13.5. The molecule has 3 nitrogen and oxygen atoms in total.